The maximum atomic E-state index is 10.8. The molecule has 1 saturated heterocycles. The van der Waals surface area contributed by atoms with Crippen LogP contribution in [0.4, 0.5) is 21.6 Å². The topological polar surface area (TPSA) is 96.8 Å². The molecule has 1 aliphatic heterocycles. The second-order valence-corrected chi connectivity index (χ2v) is 23.6. The number of thiazole rings is 2. The summed E-state index contributed by atoms with van der Waals surface area (Å²) in [7, 11) is 0. The van der Waals surface area contributed by atoms with Gasteiger partial charge in [0, 0.05) is 0 Å². The van der Waals surface area contributed by atoms with E-state index in [1.165, 1.54) is 43.7 Å². The van der Waals surface area contributed by atoms with Gasteiger partial charge in [-0.3, -0.25) is 0 Å². The predicted molar refractivity (Wildman–Crippen MR) is 150 cm³/mol. The average Bonchev–Trinajstić information content (AvgIpc) is 3.44. The normalized spacial score (nSPS) is 21.8. The van der Waals surface area contributed by atoms with Gasteiger partial charge in [-0.25, -0.2) is 0 Å². The van der Waals surface area contributed by atoms with Crippen LogP contribution in [0.5, 0.6) is 11.5 Å². The number of hydrogen-bond donors (Lipinski definition) is 4. The SMILES string of the molecule is Oc1ccccc1N1P(Cl)(Cl)(Nc2nccs2)N(c2ccccc2O)P1(Cl)(Cl)Nc1nccs1. The molecule has 5 rings (SSSR count). The van der Waals surface area contributed by atoms with E-state index in [1.54, 1.807) is 59.6 Å². The van der Waals surface area contributed by atoms with Crippen molar-refractivity contribution in [2.75, 3.05) is 19.1 Å². The fraction of sp³-hybridized carbons (Fsp3) is 0. The van der Waals surface area contributed by atoms with E-state index in [9.17, 15) is 10.2 Å². The molecular formula is C18H16Cl4N6O2P2S2. The zero-order valence-corrected chi connectivity index (χ0v) is 23.3. The molecule has 4 aromatic rings. The molecule has 2 aromatic heterocycles. The third-order valence-electron chi connectivity index (χ3n) is 4.91. The monoisotopic (exact) mass is 614 g/mol. The van der Waals surface area contributed by atoms with Crippen molar-refractivity contribution in [3.63, 3.8) is 0 Å². The van der Waals surface area contributed by atoms with Crippen LogP contribution in [-0.2, 0) is 0 Å². The summed E-state index contributed by atoms with van der Waals surface area (Å²) in [5.41, 5.74) is 0.375. The Morgan fingerprint density at radius 1 is 0.676 bits per heavy atom. The van der Waals surface area contributed by atoms with Gasteiger partial charge >= 0.3 is 223 Å². The molecule has 0 atom stereocenters. The van der Waals surface area contributed by atoms with Gasteiger partial charge in [0.05, 0.1) is 0 Å². The average molecular weight is 616 g/mol. The Morgan fingerprint density at radius 2 is 1.06 bits per heavy atom. The van der Waals surface area contributed by atoms with Crippen LogP contribution in [-0.4, -0.2) is 20.2 Å². The predicted octanol–water partition coefficient (Wildman–Crippen LogP) is 8.77. The first-order valence-electron chi connectivity index (χ1n) is 9.48. The molecule has 8 nitrogen and oxygen atoms in total. The van der Waals surface area contributed by atoms with Gasteiger partial charge in [0.25, 0.3) is 0 Å². The summed E-state index contributed by atoms with van der Waals surface area (Å²) in [6.07, 6.45) is 3.17. The molecule has 1 aliphatic rings. The van der Waals surface area contributed by atoms with Crippen molar-refractivity contribution in [1.82, 2.24) is 9.97 Å². The third-order valence-corrected chi connectivity index (χ3v) is 22.5. The van der Waals surface area contributed by atoms with Crippen molar-refractivity contribution < 1.29 is 10.2 Å². The number of halogens is 4. The molecule has 0 saturated carbocycles. The quantitative estimate of drug-likeness (QED) is 0.160. The number of hydrogen-bond acceptors (Lipinski definition) is 10. The zero-order valence-electron chi connectivity index (χ0n) is 16.8. The van der Waals surface area contributed by atoms with E-state index in [-0.39, 0.29) is 22.9 Å². The molecule has 0 bridgehead atoms. The standard InChI is InChI=1S/C18H16Cl4N6O2P2S2/c19-31(20,25-17-23-9-11-33-17)27(13-5-1-3-7-15(13)29)32(21,22,26-18-24-10-12-34-18)28(31)14-6-2-4-8-16(14)30/h1-12,29-30H,(H,23,25)(H,24,26). The Morgan fingerprint density at radius 3 is 1.38 bits per heavy atom. The Labute approximate surface area is 222 Å². The van der Waals surface area contributed by atoms with Gasteiger partial charge in [0.2, 0.25) is 0 Å². The molecule has 0 unspecified atom stereocenters. The van der Waals surface area contributed by atoms with E-state index >= 15 is 0 Å². The van der Waals surface area contributed by atoms with Crippen LogP contribution >= 0.6 is 79.2 Å². The molecular weight excluding hydrogens is 600 g/mol. The number of nitrogens with one attached hydrogen (secondary N) is 2. The van der Waals surface area contributed by atoms with Crippen LogP contribution in [0.15, 0.2) is 71.7 Å². The second-order valence-electron chi connectivity index (χ2n) is 7.10. The van der Waals surface area contributed by atoms with Gasteiger partial charge in [-0.1, -0.05) is 0 Å². The Hall–Kier alpha value is -1.48. The number of anilines is 4. The van der Waals surface area contributed by atoms with Crippen LogP contribution in [0.2, 0.25) is 0 Å². The number of rotatable bonds is 6. The summed E-state index contributed by atoms with van der Waals surface area (Å²) in [5.74, 6) is -9.62. The molecule has 2 aromatic carbocycles. The molecule has 16 heteroatoms. The molecule has 0 radical (unpaired) electrons. The Kier molecular flexibility index (Phi) is 5.71. The van der Waals surface area contributed by atoms with Crippen molar-refractivity contribution >= 4 is 101 Å². The van der Waals surface area contributed by atoms with Crippen LogP contribution in [0.1, 0.15) is 0 Å². The van der Waals surface area contributed by atoms with Gasteiger partial charge < -0.3 is 0 Å². The summed E-state index contributed by atoms with van der Waals surface area (Å²) in [5, 5.41) is 32.2. The summed E-state index contributed by atoms with van der Waals surface area (Å²) in [6.45, 7) is 0. The number of benzene rings is 2. The van der Waals surface area contributed by atoms with Gasteiger partial charge in [0.1, 0.15) is 0 Å². The summed E-state index contributed by atoms with van der Waals surface area (Å²) >= 11 is 32.1. The summed E-state index contributed by atoms with van der Waals surface area (Å²) in [6, 6.07) is 12.8. The van der Waals surface area contributed by atoms with Crippen molar-refractivity contribution in [2.45, 2.75) is 0 Å². The number of para-hydroxylation sites is 4. The Balaban J connectivity index is 1.82. The van der Waals surface area contributed by atoms with E-state index in [2.05, 4.69) is 20.1 Å². The number of nitrogens with zero attached hydrogens (tertiary/aromatic N) is 4. The van der Waals surface area contributed by atoms with Crippen molar-refractivity contribution in [1.29, 1.82) is 0 Å². The second kappa shape index (κ2) is 8.02. The first kappa shape index (κ1) is 24.2. The molecule has 0 amide bonds. The van der Waals surface area contributed by atoms with Crippen molar-refractivity contribution in [3.05, 3.63) is 71.7 Å². The van der Waals surface area contributed by atoms with Gasteiger partial charge in [-0.05, 0) is 0 Å². The van der Waals surface area contributed by atoms with E-state index in [0.717, 1.165) is 0 Å². The summed E-state index contributed by atoms with van der Waals surface area (Å²) < 4.78 is 2.79. The number of aromatic nitrogens is 2. The van der Waals surface area contributed by atoms with Gasteiger partial charge in [-0.15, -0.1) is 0 Å². The minimum absolute atomic E-state index is 0.146. The zero-order chi connectivity index (χ0) is 24.2. The molecule has 0 aliphatic carbocycles. The van der Waals surface area contributed by atoms with Gasteiger partial charge in [-0.2, -0.15) is 0 Å². The first-order valence-corrected chi connectivity index (χ1v) is 19.1. The van der Waals surface area contributed by atoms with E-state index in [4.69, 9.17) is 45.0 Å². The van der Waals surface area contributed by atoms with Crippen LogP contribution in [0.3, 0.4) is 0 Å². The number of phenols is 2. The molecule has 3 heterocycles. The van der Waals surface area contributed by atoms with E-state index < -0.39 is 11.5 Å². The molecule has 0 spiro atoms. The fourth-order valence-corrected chi connectivity index (χ4v) is 30.1. The van der Waals surface area contributed by atoms with Crippen LogP contribution in [0, 0.1) is 0 Å². The molecule has 1 fully saturated rings. The first-order chi connectivity index (χ1) is 16.0. The molecule has 34 heavy (non-hydrogen) atoms. The molecule has 180 valence electrons. The van der Waals surface area contributed by atoms with Gasteiger partial charge in [0.15, 0.2) is 0 Å². The van der Waals surface area contributed by atoms with E-state index in [0.29, 0.717) is 10.3 Å². The summed E-state index contributed by atoms with van der Waals surface area (Å²) in [4.78, 5) is 8.53. The minimum atomic E-state index is -4.66. The molecule has 4 N–H and O–H groups in total. The number of aromatic hydroxyl groups is 2. The number of phenolic OH excluding ortho intramolecular Hbond substituents is 2. The van der Waals surface area contributed by atoms with Crippen molar-refractivity contribution in [3.8, 4) is 11.5 Å². The maximum absolute atomic E-state index is 10.8. The van der Waals surface area contributed by atoms with Crippen LogP contribution in [0.25, 0.3) is 0 Å². The third kappa shape index (κ3) is 3.55. The Bertz CT molecular complexity index is 1240. The van der Waals surface area contributed by atoms with E-state index in [1.807, 2.05) is 0 Å². The fourth-order valence-electron chi connectivity index (χ4n) is 3.71. The van der Waals surface area contributed by atoms with Crippen molar-refractivity contribution in [2.24, 2.45) is 0 Å². The van der Waals surface area contributed by atoms with Crippen LogP contribution < -0.4 is 19.1 Å².